The van der Waals surface area contributed by atoms with Crippen LogP contribution in [0.5, 0.6) is 5.75 Å². The van der Waals surface area contributed by atoms with Crippen LogP contribution in [0.2, 0.25) is 0 Å². The first kappa shape index (κ1) is 14.5. The van der Waals surface area contributed by atoms with Crippen LogP contribution < -0.4 is 4.74 Å². The molecule has 1 aromatic carbocycles. The third-order valence-corrected chi connectivity index (χ3v) is 3.63. The molecule has 2 aromatic heterocycles. The van der Waals surface area contributed by atoms with E-state index in [0.29, 0.717) is 13.2 Å². The van der Waals surface area contributed by atoms with Crippen LogP contribution in [0.3, 0.4) is 0 Å². The second-order valence-corrected chi connectivity index (χ2v) is 5.01. The number of hydrogen-bond acceptors (Lipinski definition) is 4. The summed E-state index contributed by atoms with van der Waals surface area (Å²) in [5, 5.41) is 0. The van der Waals surface area contributed by atoms with Crippen molar-refractivity contribution in [3.63, 3.8) is 0 Å². The van der Waals surface area contributed by atoms with E-state index in [1.165, 1.54) is 0 Å². The lowest BCUT2D eigenvalue weighted by Crippen LogP contribution is -2.09. The van der Waals surface area contributed by atoms with Crippen molar-refractivity contribution >= 4 is 11.2 Å². The number of imidazole rings is 1. The lowest BCUT2D eigenvalue weighted by Gasteiger charge is -2.12. The molecule has 5 nitrogen and oxygen atoms in total. The predicted octanol–water partition coefficient (Wildman–Crippen LogP) is 2.68. The Balaban J connectivity index is 2.04. The van der Waals surface area contributed by atoms with Gasteiger partial charge in [0.05, 0.1) is 20.3 Å². The van der Waals surface area contributed by atoms with Gasteiger partial charge in [-0.1, -0.05) is 18.2 Å². The molecule has 0 N–H and O–H groups in total. The van der Waals surface area contributed by atoms with Gasteiger partial charge in [0.25, 0.3) is 0 Å². The smallest absolute Gasteiger partial charge is 0.160 e. The number of pyridine rings is 1. The molecule has 0 aliphatic carbocycles. The summed E-state index contributed by atoms with van der Waals surface area (Å²) >= 11 is 0. The minimum absolute atomic E-state index is 0.634. The van der Waals surface area contributed by atoms with Gasteiger partial charge < -0.3 is 14.0 Å². The van der Waals surface area contributed by atoms with Gasteiger partial charge in [0.2, 0.25) is 0 Å². The number of ether oxygens (including phenoxy) is 2. The van der Waals surface area contributed by atoms with E-state index in [4.69, 9.17) is 9.47 Å². The fourth-order valence-electron chi connectivity index (χ4n) is 2.56. The van der Waals surface area contributed by atoms with E-state index in [0.717, 1.165) is 34.7 Å². The first-order valence-corrected chi connectivity index (χ1v) is 7.24. The summed E-state index contributed by atoms with van der Waals surface area (Å²) in [7, 11) is 3.39. The fourth-order valence-corrected chi connectivity index (χ4v) is 2.56. The Bertz CT molecular complexity index is 767. The number of hydrogen-bond donors (Lipinski definition) is 0. The Morgan fingerprint density at radius 1 is 1.09 bits per heavy atom. The third-order valence-electron chi connectivity index (χ3n) is 3.63. The summed E-state index contributed by atoms with van der Waals surface area (Å²) < 4.78 is 12.8. The third kappa shape index (κ3) is 2.80. The Hall–Kier alpha value is -2.40. The van der Waals surface area contributed by atoms with Crippen molar-refractivity contribution < 1.29 is 9.47 Å². The van der Waals surface area contributed by atoms with Crippen LogP contribution in [0, 0.1) is 0 Å². The molecule has 3 aromatic rings. The Morgan fingerprint density at radius 3 is 2.77 bits per heavy atom. The Labute approximate surface area is 129 Å². The van der Waals surface area contributed by atoms with Gasteiger partial charge in [0.1, 0.15) is 17.1 Å². The van der Waals surface area contributed by atoms with Gasteiger partial charge in [0, 0.05) is 25.3 Å². The van der Waals surface area contributed by atoms with Gasteiger partial charge in [-0.25, -0.2) is 9.97 Å². The summed E-state index contributed by atoms with van der Waals surface area (Å²) in [5.74, 6) is 1.85. The van der Waals surface area contributed by atoms with E-state index in [-0.39, 0.29) is 0 Å². The molecule has 2 heterocycles. The molecule has 0 unspecified atom stereocenters. The molecule has 0 radical (unpaired) electrons. The van der Waals surface area contributed by atoms with Gasteiger partial charge in [-0.15, -0.1) is 0 Å². The normalized spacial score (nSPS) is 11.0. The van der Waals surface area contributed by atoms with E-state index in [1.54, 1.807) is 20.4 Å². The molecule has 0 saturated heterocycles. The van der Waals surface area contributed by atoms with Crippen molar-refractivity contribution in [2.75, 3.05) is 20.8 Å². The summed E-state index contributed by atoms with van der Waals surface area (Å²) in [4.78, 5) is 9.16. The molecule has 22 heavy (non-hydrogen) atoms. The Morgan fingerprint density at radius 2 is 1.95 bits per heavy atom. The molecular weight excluding hydrogens is 278 g/mol. The quantitative estimate of drug-likeness (QED) is 0.702. The van der Waals surface area contributed by atoms with E-state index in [1.807, 2.05) is 30.3 Å². The summed E-state index contributed by atoms with van der Waals surface area (Å²) in [6.07, 6.45) is 2.55. The van der Waals surface area contributed by atoms with E-state index < -0.39 is 0 Å². The van der Waals surface area contributed by atoms with Crippen molar-refractivity contribution in [1.82, 2.24) is 14.5 Å². The van der Waals surface area contributed by atoms with Crippen LogP contribution in [0.15, 0.2) is 42.6 Å². The zero-order chi connectivity index (χ0) is 15.4. The maximum atomic E-state index is 5.45. The summed E-state index contributed by atoms with van der Waals surface area (Å²) in [5.41, 5.74) is 2.90. The van der Waals surface area contributed by atoms with Crippen LogP contribution >= 0.6 is 0 Å². The molecular formula is C17H19N3O2. The van der Waals surface area contributed by atoms with Gasteiger partial charge >= 0.3 is 0 Å². The van der Waals surface area contributed by atoms with Gasteiger partial charge in [-0.2, -0.15) is 0 Å². The topological polar surface area (TPSA) is 49.2 Å². The van der Waals surface area contributed by atoms with E-state index in [2.05, 4.69) is 20.6 Å². The van der Waals surface area contributed by atoms with Crippen LogP contribution in [-0.4, -0.2) is 35.4 Å². The van der Waals surface area contributed by atoms with Crippen LogP contribution in [0.25, 0.3) is 11.2 Å². The zero-order valence-corrected chi connectivity index (χ0v) is 12.8. The second kappa shape index (κ2) is 6.58. The average Bonchev–Trinajstić information content (AvgIpc) is 2.91. The monoisotopic (exact) mass is 297 g/mol. The number of nitrogens with zero attached hydrogens (tertiary/aromatic N) is 3. The lowest BCUT2D eigenvalue weighted by molar-refractivity contribution is 0.200. The zero-order valence-electron chi connectivity index (χ0n) is 12.8. The first-order chi connectivity index (χ1) is 10.8. The van der Waals surface area contributed by atoms with Crippen LogP contribution in [0.4, 0.5) is 0 Å². The number of rotatable bonds is 6. The maximum absolute atomic E-state index is 5.45. The molecule has 0 aliphatic heterocycles. The summed E-state index contributed by atoms with van der Waals surface area (Å²) in [6.45, 7) is 1.31. The number of fused-ring (bicyclic) bond motifs is 1. The van der Waals surface area contributed by atoms with Crippen LogP contribution in [-0.2, 0) is 17.7 Å². The average molecular weight is 297 g/mol. The van der Waals surface area contributed by atoms with Crippen LogP contribution in [0.1, 0.15) is 11.4 Å². The molecule has 0 atom stereocenters. The molecule has 0 amide bonds. The highest BCUT2D eigenvalue weighted by Gasteiger charge is 2.13. The highest BCUT2D eigenvalue weighted by atomic mass is 16.5. The maximum Gasteiger partial charge on any atom is 0.160 e. The van der Waals surface area contributed by atoms with Gasteiger partial charge in [0.15, 0.2) is 5.65 Å². The highest BCUT2D eigenvalue weighted by molar-refractivity contribution is 5.71. The molecule has 0 spiro atoms. The fraction of sp³-hybridized carbons (Fsp3) is 0.294. The highest BCUT2D eigenvalue weighted by Crippen LogP contribution is 2.22. The predicted molar refractivity (Wildman–Crippen MR) is 85.2 cm³/mol. The Kier molecular flexibility index (Phi) is 4.34. The van der Waals surface area contributed by atoms with Crippen molar-refractivity contribution in [2.24, 2.45) is 0 Å². The number of benzene rings is 1. The first-order valence-electron chi connectivity index (χ1n) is 7.24. The lowest BCUT2D eigenvalue weighted by atomic mass is 10.2. The minimum Gasteiger partial charge on any atom is -0.496 e. The number of aromatic nitrogens is 3. The molecule has 5 heteroatoms. The standard InChI is InChI=1S/C17H19N3O2/c1-21-11-9-16-19-14-7-5-10-18-17(14)20(16)12-13-6-3-4-8-15(13)22-2/h3-8,10H,9,11-12H2,1-2H3. The van der Waals surface area contributed by atoms with E-state index in [9.17, 15) is 0 Å². The van der Waals surface area contributed by atoms with Crippen molar-refractivity contribution in [3.05, 3.63) is 54.0 Å². The molecule has 0 fully saturated rings. The molecule has 0 aliphatic rings. The largest absolute Gasteiger partial charge is 0.496 e. The second-order valence-electron chi connectivity index (χ2n) is 5.01. The van der Waals surface area contributed by atoms with E-state index >= 15 is 0 Å². The van der Waals surface area contributed by atoms with Gasteiger partial charge in [-0.3, -0.25) is 0 Å². The molecule has 0 saturated carbocycles. The van der Waals surface area contributed by atoms with Crippen molar-refractivity contribution in [2.45, 2.75) is 13.0 Å². The number of methoxy groups -OCH3 is 2. The molecule has 3 rings (SSSR count). The molecule has 0 bridgehead atoms. The summed E-state index contributed by atoms with van der Waals surface area (Å²) in [6, 6.07) is 11.9. The molecule has 114 valence electrons. The van der Waals surface area contributed by atoms with Crippen molar-refractivity contribution in [1.29, 1.82) is 0 Å². The van der Waals surface area contributed by atoms with Crippen molar-refractivity contribution in [3.8, 4) is 5.75 Å². The SMILES string of the molecule is COCCc1nc2cccnc2n1Cc1ccccc1OC. The number of para-hydroxylation sites is 1. The van der Waals surface area contributed by atoms with Gasteiger partial charge in [-0.05, 0) is 18.2 Å². The minimum atomic E-state index is 0.634.